The third-order valence-corrected chi connectivity index (χ3v) is 21.0. The molecule has 20 nitrogen and oxygen atoms in total. The van der Waals surface area contributed by atoms with E-state index >= 15 is 19.2 Å². The number of rotatable bonds is 35. The number of carboxylic acids is 2. The van der Waals surface area contributed by atoms with Crippen molar-refractivity contribution in [2.75, 3.05) is 0 Å². The van der Waals surface area contributed by atoms with Crippen LogP contribution in [0.3, 0.4) is 0 Å². The third kappa shape index (κ3) is 22.8. The zero-order valence-electron chi connectivity index (χ0n) is 57.7. The van der Waals surface area contributed by atoms with Gasteiger partial charge in [-0.3, -0.25) is 28.8 Å². The van der Waals surface area contributed by atoms with E-state index in [9.17, 15) is 39.6 Å². The van der Waals surface area contributed by atoms with E-state index in [1.807, 2.05) is 170 Å². The Balaban J connectivity index is 1.000. The molecule has 0 aliphatic heterocycles. The minimum atomic E-state index is -1.41. The maximum absolute atomic E-state index is 15.7. The van der Waals surface area contributed by atoms with E-state index in [4.69, 9.17) is 11.5 Å². The van der Waals surface area contributed by atoms with E-state index in [1.165, 1.54) is 48.5 Å². The van der Waals surface area contributed by atoms with Crippen LogP contribution in [0.25, 0.3) is 22.3 Å². The molecule has 0 saturated heterocycles. The molecular formula is C84H82N8O12S2. The second-order valence-electron chi connectivity index (χ2n) is 25.7. The molecule has 0 radical (unpaired) electrons. The quantitative estimate of drug-likeness (QED) is 0.0164. The van der Waals surface area contributed by atoms with Crippen molar-refractivity contribution in [3.05, 3.63) is 323 Å². The summed E-state index contributed by atoms with van der Waals surface area (Å²) in [5.41, 5.74) is 23.1. The zero-order valence-corrected chi connectivity index (χ0v) is 59.3. The highest BCUT2D eigenvalue weighted by Crippen LogP contribution is 2.36. The van der Waals surface area contributed by atoms with Crippen LogP contribution in [0, 0.1) is 0 Å². The molecule has 0 saturated carbocycles. The largest absolute Gasteiger partial charge is 0.508 e. The molecule has 8 atom stereocenters. The van der Waals surface area contributed by atoms with Crippen molar-refractivity contribution in [3.63, 3.8) is 0 Å². The Kier molecular flexibility index (Phi) is 27.6. The van der Waals surface area contributed by atoms with Crippen molar-refractivity contribution in [1.82, 2.24) is 31.9 Å². The molecule has 10 aromatic carbocycles. The maximum Gasteiger partial charge on any atom is 0.335 e. The van der Waals surface area contributed by atoms with Crippen LogP contribution in [0.2, 0.25) is 0 Å². The van der Waals surface area contributed by atoms with Crippen molar-refractivity contribution < 1.29 is 58.8 Å². The summed E-state index contributed by atoms with van der Waals surface area (Å²) >= 11 is 0. The Bertz CT molecular complexity index is 4280. The summed E-state index contributed by atoms with van der Waals surface area (Å²) in [5, 5.41) is 55.0. The highest BCUT2D eigenvalue weighted by atomic mass is 33.1. The molecule has 0 unspecified atom stereocenters. The van der Waals surface area contributed by atoms with Gasteiger partial charge in [0.05, 0.1) is 11.1 Å². The Hall–Kier alpha value is -11.8. The summed E-state index contributed by atoms with van der Waals surface area (Å²) in [6.45, 7) is 0.243. The second kappa shape index (κ2) is 38.1. The molecule has 10 aromatic rings. The van der Waals surface area contributed by atoms with Gasteiger partial charge in [-0.15, -0.1) is 0 Å². The van der Waals surface area contributed by atoms with E-state index in [-0.39, 0.29) is 74.2 Å². The van der Waals surface area contributed by atoms with Crippen LogP contribution < -0.4 is 43.4 Å². The molecule has 14 N–H and O–H groups in total. The molecule has 0 fully saturated rings. The van der Waals surface area contributed by atoms with Crippen LogP contribution in [-0.4, -0.2) is 115 Å². The van der Waals surface area contributed by atoms with E-state index < -0.39 is 94.1 Å². The summed E-state index contributed by atoms with van der Waals surface area (Å²) in [6, 6.07) is 69.1. The summed E-state index contributed by atoms with van der Waals surface area (Å²) in [7, 11) is 1.74. The maximum atomic E-state index is 15.7. The second-order valence-corrected chi connectivity index (χ2v) is 28.3. The Morgan fingerprint density at radius 3 is 0.830 bits per heavy atom. The van der Waals surface area contributed by atoms with Gasteiger partial charge < -0.3 is 63.8 Å². The summed E-state index contributed by atoms with van der Waals surface area (Å²) in [6.07, 6.45) is -0.371. The SMILES string of the molecule is N[C@@H](Cc1ccc(C(=O)O)cc1)[C@H](SS[C@H](C(=O)N[C@@H](Cc1ccc(-c2ccccc2)cc1)C(=O)N[C@@H](Cc1ccc(O)cc1)C(=O)NCc1ccccc1)[C@@H](N)Cc1ccc(C(=O)O)cc1)C(=O)N[C@@H](Cc1ccc(-c2ccccc2)cc1)C(=O)N[C@@H](Cc1ccc(O)cc1)C(=O)NCc1ccccc1. The standard InChI is InChI=1S/C84H82N8O12S2/c85-69(45-53-25-37-65(38-26-53)83(101)102)75(81(99)91-73(49-55-21-33-63(34-22-55)61-17-9-3-10-18-61)79(97)89-71(47-57-29-41-67(93)42-30-57)77(95)87-51-59-13-5-1-6-14-59)105-106-76(70(86)46-54-27-39-66(40-28-54)84(103)104)82(100)92-74(50-56-23-35-64(36-24-56)62-19-11-4-12-20-62)80(98)90-72(48-58-31-43-68(94)44-32-58)78(96)88-52-60-15-7-2-8-16-60/h1-44,69-76,93-94H,45-52,85-86H2,(H,87,95)(H,88,96)(H,89,97)(H,90,98)(H,91,99)(H,92,100)(H,101,102)(H,103,104)/t69-,70-,71-,72-,73-,74-,75-,76-/m0/s1. The first-order chi connectivity index (χ1) is 51.3. The number of benzene rings is 10. The number of nitrogens with two attached hydrogens (primary N) is 2. The minimum Gasteiger partial charge on any atom is -0.508 e. The number of aromatic carboxylic acids is 2. The van der Waals surface area contributed by atoms with E-state index in [1.54, 1.807) is 48.5 Å². The first kappa shape index (κ1) is 76.8. The van der Waals surface area contributed by atoms with Gasteiger partial charge >= 0.3 is 11.9 Å². The predicted molar refractivity (Wildman–Crippen MR) is 412 cm³/mol. The van der Waals surface area contributed by atoms with Crippen LogP contribution >= 0.6 is 21.6 Å². The number of aromatic hydroxyl groups is 2. The molecule has 0 heterocycles. The van der Waals surface area contributed by atoms with Crippen LogP contribution in [-0.2, 0) is 80.4 Å². The van der Waals surface area contributed by atoms with Gasteiger partial charge in [0.2, 0.25) is 35.4 Å². The van der Waals surface area contributed by atoms with Gasteiger partial charge in [-0.05, 0) is 128 Å². The number of phenolic OH excluding ortho intramolecular Hbond substituents is 2. The fourth-order valence-electron chi connectivity index (χ4n) is 11.9. The number of carbonyl (C=O) groups is 8. The van der Waals surface area contributed by atoms with Crippen molar-refractivity contribution in [1.29, 1.82) is 0 Å². The lowest BCUT2D eigenvalue weighted by Crippen LogP contribution is -2.57. The molecule has 0 aliphatic rings. The number of hydrogen-bond acceptors (Lipinski definition) is 14. The number of hydrogen-bond donors (Lipinski definition) is 12. The number of carbonyl (C=O) groups excluding carboxylic acids is 6. The van der Waals surface area contributed by atoms with Crippen molar-refractivity contribution in [3.8, 4) is 33.8 Å². The van der Waals surface area contributed by atoms with Crippen LogP contribution in [0.15, 0.2) is 267 Å². The lowest BCUT2D eigenvalue weighted by molar-refractivity contribution is -0.132. The molecule has 542 valence electrons. The van der Waals surface area contributed by atoms with Gasteiger partial charge in [0.15, 0.2) is 0 Å². The first-order valence-corrected chi connectivity index (χ1v) is 36.7. The molecule has 0 aromatic heterocycles. The minimum absolute atomic E-state index is 0.00419. The van der Waals surface area contributed by atoms with Gasteiger partial charge in [-0.25, -0.2) is 9.59 Å². The van der Waals surface area contributed by atoms with Crippen LogP contribution in [0.4, 0.5) is 0 Å². The molecule has 0 spiro atoms. The van der Waals surface area contributed by atoms with Crippen LogP contribution in [0.1, 0.15) is 65.2 Å². The molecule has 0 aliphatic carbocycles. The van der Waals surface area contributed by atoms with Gasteiger partial charge in [0.25, 0.3) is 0 Å². The Morgan fingerprint density at radius 1 is 0.283 bits per heavy atom. The van der Waals surface area contributed by atoms with Gasteiger partial charge in [0, 0.05) is 50.9 Å². The van der Waals surface area contributed by atoms with E-state index in [0.717, 1.165) is 55.0 Å². The number of carboxylic acid groups (broad SMARTS) is 2. The zero-order chi connectivity index (χ0) is 74.9. The number of phenols is 2. The van der Waals surface area contributed by atoms with Gasteiger partial charge in [0.1, 0.15) is 46.2 Å². The fourth-order valence-corrected chi connectivity index (χ4v) is 15.0. The monoisotopic (exact) mass is 1460 g/mol. The summed E-state index contributed by atoms with van der Waals surface area (Å²) in [5.74, 6) is -6.51. The average molecular weight is 1460 g/mol. The van der Waals surface area contributed by atoms with E-state index in [0.29, 0.717) is 33.4 Å². The predicted octanol–water partition coefficient (Wildman–Crippen LogP) is 9.93. The van der Waals surface area contributed by atoms with Crippen molar-refractivity contribution >= 4 is 69.0 Å². The summed E-state index contributed by atoms with van der Waals surface area (Å²) in [4.78, 5) is 115. The number of amides is 6. The Labute approximate surface area is 622 Å². The molecule has 6 amide bonds. The molecule has 10 rings (SSSR count). The number of nitrogens with one attached hydrogen (secondary N) is 6. The van der Waals surface area contributed by atoms with Gasteiger partial charge in [-0.2, -0.15) is 0 Å². The fraction of sp³-hybridized carbons (Fsp3) is 0.190. The molecule has 22 heteroatoms. The van der Waals surface area contributed by atoms with E-state index in [2.05, 4.69) is 31.9 Å². The third-order valence-electron chi connectivity index (χ3n) is 17.8. The average Bonchev–Trinajstić information content (AvgIpc) is 0.831. The normalized spacial score (nSPS) is 13.3. The molecular weight excluding hydrogens is 1380 g/mol. The molecule has 106 heavy (non-hydrogen) atoms. The highest BCUT2D eigenvalue weighted by molar-refractivity contribution is 8.77. The topological polar surface area (TPSA) is 342 Å². The first-order valence-electron chi connectivity index (χ1n) is 34.4. The molecule has 0 bridgehead atoms. The van der Waals surface area contributed by atoms with Gasteiger partial charge in [-0.1, -0.05) is 240 Å². The van der Waals surface area contributed by atoms with Crippen LogP contribution in [0.5, 0.6) is 11.5 Å². The lowest BCUT2D eigenvalue weighted by Gasteiger charge is -2.30. The summed E-state index contributed by atoms with van der Waals surface area (Å²) < 4.78 is 0. The van der Waals surface area contributed by atoms with Crippen molar-refractivity contribution in [2.45, 2.75) is 98.4 Å². The van der Waals surface area contributed by atoms with Crippen molar-refractivity contribution in [2.24, 2.45) is 11.5 Å². The highest BCUT2D eigenvalue weighted by Gasteiger charge is 2.38. The lowest BCUT2D eigenvalue weighted by atomic mass is 9.98. The smallest absolute Gasteiger partial charge is 0.335 e. The Morgan fingerprint density at radius 2 is 0.528 bits per heavy atom.